The van der Waals surface area contributed by atoms with E-state index in [-0.39, 0.29) is 24.5 Å². The lowest BCUT2D eigenvalue weighted by Gasteiger charge is -2.33. The molecule has 1 heterocycles. The van der Waals surface area contributed by atoms with Crippen LogP contribution >= 0.6 is 0 Å². The highest BCUT2D eigenvalue weighted by Crippen LogP contribution is 2.19. The van der Waals surface area contributed by atoms with Gasteiger partial charge in [0, 0.05) is 25.4 Å². The summed E-state index contributed by atoms with van der Waals surface area (Å²) in [6.07, 6.45) is 2.81. The van der Waals surface area contributed by atoms with Crippen LogP contribution in [0.3, 0.4) is 0 Å². The third kappa shape index (κ3) is 3.70. The molecule has 1 aromatic rings. The van der Waals surface area contributed by atoms with Gasteiger partial charge in [0.15, 0.2) is 0 Å². The Labute approximate surface area is 119 Å². The highest BCUT2D eigenvalue weighted by Gasteiger charge is 2.30. The van der Waals surface area contributed by atoms with E-state index in [0.29, 0.717) is 25.8 Å². The second-order valence-corrected chi connectivity index (χ2v) is 4.90. The highest BCUT2D eigenvalue weighted by molar-refractivity contribution is 5.82. The summed E-state index contributed by atoms with van der Waals surface area (Å²) in [5, 5.41) is 0. The number of ketones is 1. The minimum Gasteiger partial charge on any atom is -0.445 e. The number of nitrogens with zero attached hydrogens (tertiary/aromatic N) is 1. The minimum atomic E-state index is -0.354. The van der Waals surface area contributed by atoms with Gasteiger partial charge in [-0.15, -0.1) is 6.58 Å². The molecule has 0 radical (unpaired) electrons. The lowest BCUT2D eigenvalue weighted by molar-refractivity contribution is -0.122. The number of ether oxygens (including phenoxy) is 1. The van der Waals surface area contributed by atoms with Crippen LogP contribution in [0.15, 0.2) is 43.0 Å². The third-order valence-electron chi connectivity index (χ3n) is 3.41. The zero-order chi connectivity index (χ0) is 14.4. The van der Waals surface area contributed by atoms with Gasteiger partial charge < -0.3 is 9.64 Å². The van der Waals surface area contributed by atoms with E-state index in [1.807, 2.05) is 30.3 Å². The number of hydrogen-bond donors (Lipinski definition) is 0. The summed E-state index contributed by atoms with van der Waals surface area (Å²) in [6, 6.07) is 9.44. The number of carbonyl (C=O) groups excluding carboxylic acids is 2. The van der Waals surface area contributed by atoms with Gasteiger partial charge in [0.05, 0.1) is 0 Å². The fourth-order valence-corrected chi connectivity index (χ4v) is 2.35. The molecule has 0 aromatic heterocycles. The van der Waals surface area contributed by atoms with Crippen LogP contribution in [0.4, 0.5) is 4.79 Å². The lowest BCUT2D eigenvalue weighted by atomic mass is 9.99. The molecule has 0 unspecified atom stereocenters. The molecule has 4 heteroatoms. The van der Waals surface area contributed by atoms with Crippen LogP contribution in [0.25, 0.3) is 0 Å². The first-order valence-electron chi connectivity index (χ1n) is 6.80. The third-order valence-corrected chi connectivity index (χ3v) is 3.41. The molecule has 1 fully saturated rings. The average molecular weight is 273 g/mol. The molecule has 2 rings (SSSR count). The van der Waals surface area contributed by atoms with E-state index in [0.717, 1.165) is 5.56 Å². The van der Waals surface area contributed by atoms with E-state index in [1.54, 1.807) is 11.0 Å². The Bertz CT molecular complexity index is 484. The van der Waals surface area contributed by atoms with Gasteiger partial charge in [-0.05, 0) is 12.0 Å². The average Bonchev–Trinajstić information content (AvgIpc) is 2.46. The molecule has 1 aliphatic rings. The normalized spacial score (nSPS) is 18.7. The van der Waals surface area contributed by atoms with Gasteiger partial charge in [-0.2, -0.15) is 0 Å². The zero-order valence-corrected chi connectivity index (χ0v) is 11.5. The van der Waals surface area contributed by atoms with E-state index < -0.39 is 0 Å². The summed E-state index contributed by atoms with van der Waals surface area (Å²) in [5.74, 6) is 0.198. The maximum atomic E-state index is 12.1. The standard InChI is InChI=1S/C16H19NO3/c1-2-6-14-11-15(18)9-10-17(14)16(19)20-12-13-7-4-3-5-8-13/h2-5,7-8,14H,1,6,9-12H2/t14-/m0/s1. The number of rotatable bonds is 4. The highest BCUT2D eigenvalue weighted by atomic mass is 16.6. The van der Waals surface area contributed by atoms with E-state index in [9.17, 15) is 9.59 Å². The molecule has 106 valence electrons. The number of carbonyl (C=O) groups is 2. The molecule has 1 aromatic carbocycles. The van der Waals surface area contributed by atoms with Crippen LogP contribution in [0.5, 0.6) is 0 Å². The van der Waals surface area contributed by atoms with Gasteiger partial charge in [-0.25, -0.2) is 4.79 Å². The van der Waals surface area contributed by atoms with Gasteiger partial charge in [-0.1, -0.05) is 36.4 Å². The summed E-state index contributed by atoms with van der Waals surface area (Å²) in [7, 11) is 0. The van der Waals surface area contributed by atoms with Gasteiger partial charge in [0.25, 0.3) is 0 Å². The van der Waals surface area contributed by atoms with Crippen molar-refractivity contribution in [3.05, 3.63) is 48.6 Å². The Morgan fingerprint density at radius 3 is 2.85 bits per heavy atom. The molecule has 1 amide bonds. The molecular weight excluding hydrogens is 254 g/mol. The number of likely N-dealkylation sites (tertiary alicyclic amines) is 1. The van der Waals surface area contributed by atoms with E-state index >= 15 is 0 Å². The van der Waals surface area contributed by atoms with Crippen LogP contribution in [0, 0.1) is 0 Å². The van der Waals surface area contributed by atoms with Crippen LogP contribution < -0.4 is 0 Å². The molecule has 1 saturated heterocycles. The molecule has 4 nitrogen and oxygen atoms in total. The summed E-state index contributed by atoms with van der Waals surface area (Å²) in [6.45, 7) is 4.37. The van der Waals surface area contributed by atoms with Crippen molar-refractivity contribution >= 4 is 11.9 Å². The maximum absolute atomic E-state index is 12.1. The number of piperidine rings is 1. The summed E-state index contributed by atoms with van der Waals surface area (Å²) >= 11 is 0. The predicted molar refractivity (Wildman–Crippen MR) is 76.2 cm³/mol. The molecule has 0 saturated carbocycles. The summed E-state index contributed by atoms with van der Waals surface area (Å²) in [4.78, 5) is 25.2. The van der Waals surface area contributed by atoms with Crippen molar-refractivity contribution in [2.45, 2.75) is 31.9 Å². The molecule has 1 atom stereocenters. The Morgan fingerprint density at radius 1 is 1.40 bits per heavy atom. The number of amides is 1. The van der Waals surface area contributed by atoms with Crippen molar-refractivity contribution in [2.24, 2.45) is 0 Å². The second-order valence-electron chi connectivity index (χ2n) is 4.90. The Kier molecular flexibility index (Phi) is 4.93. The maximum Gasteiger partial charge on any atom is 0.410 e. The Hall–Kier alpha value is -2.10. The van der Waals surface area contributed by atoms with Crippen molar-refractivity contribution in [1.29, 1.82) is 0 Å². The van der Waals surface area contributed by atoms with Gasteiger partial charge in [-0.3, -0.25) is 4.79 Å². The number of Topliss-reactive ketones (excluding diaryl/α,β-unsaturated/α-hetero) is 1. The number of benzene rings is 1. The SMILES string of the molecule is C=CC[C@H]1CC(=O)CCN1C(=O)OCc1ccccc1. The fraction of sp³-hybridized carbons (Fsp3) is 0.375. The van der Waals surface area contributed by atoms with E-state index in [1.165, 1.54) is 0 Å². The van der Waals surface area contributed by atoms with Crippen LogP contribution in [-0.4, -0.2) is 29.4 Å². The monoisotopic (exact) mass is 273 g/mol. The Morgan fingerprint density at radius 2 is 2.15 bits per heavy atom. The molecule has 0 spiro atoms. The first-order valence-corrected chi connectivity index (χ1v) is 6.80. The predicted octanol–water partition coefficient (Wildman–Crippen LogP) is 2.93. The molecule has 1 aliphatic heterocycles. The molecule has 0 aliphatic carbocycles. The molecule has 0 N–H and O–H groups in total. The summed E-state index contributed by atoms with van der Waals surface area (Å²) < 4.78 is 5.32. The molecular formula is C16H19NO3. The van der Waals surface area contributed by atoms with Crippen LogP contribution in [0.2, 0.25) is 0 Å². The first-order chi connectivity index (χ1) is 9.70. The smallest absolute Gasteiger partial charge is 0.410 e. The van der Waals surface area contributed by atoms with Gasteiger partial charge in [0.2, 0.25) is 0 Å². The van der Waals surface area contributed by atoms with Crippen LogP contribution in [-0.2, 0) is 16.1 Å². The van der Waals surface area contributed by atoms with Crippen molar-refractivity contribution in [2.75, 3.05) is 6.54 Å². The first kappa shape index (κ1) is 14.3. The second kappa shape index (κ2) is 6.89. The van der Waals surface area contributed by atoms with E-state index in [4.69, 9.17) is 4.74 Å². The molecule has 0 bridgehead atoms. The van der Waals surface area contributed by atoms with Crippen LogP contribution in [0.1, 0.15) is 24.8 Å². The largest absolute Gasteiger partial charge is 0.445 e. The van der Waals surface area contributed by atoms with Crippen molar-refractivity contribution in [3.63, 3.8) is 0 Å². The Balaban J connectivity index is 1.93. The van der Waals surface area contributed by atoms with E-state index in [2.05, 4.69) is 6.58 Å². The topological polar surface area (TPSA) is 46.6 Å². The molecule has 20 heavy (non-hydrogen) atoms. The quantitative estimate of drug-likeness (QED) is 0.792. The summed E-state index contributed by atoms with van der Waals surface area (Å²) in [5.41, 5.74) is 0.953. The van der Waals surface area contributed by atoms with Gasteiger partial charge in [0.1, 0.15) is 12.4 Å². The number of hydrogen-bond acceptors (Lipinski definition) is 3. The minimum absolute atomic E-state index is 0.114. The van der Waals surface area contributed by atoms with Gasteiger partial charge >= 0.3 is 6.09 Å². The van der Waals surface area contributed by atoms with Crippen molar-refractivity contribution in [1.82, 2.24) is 4.90 Å². The van der Waals surface area contributed by atoms with Crippen molar-refractivity contribution in [3.8, 4) is 0 Å². The zero-order valence-electron chi connectivity index (χ0n) is 11.5. The fourth-order valence-electron chi connectivity index (χ4n) is 2.35. The lowest BCUT2D eigenvalue weighted by Crippen LogP contribution is -2.46. The van der Waals surface area contributed by atoms with Crippen molar-refractivity contribution < 1.29 is 14.3 Å².